The van der Waals surface area contributed by atoms with Gasteiger partial charge in [-0.15, -0.1) is 0 Å². The summed E-state index contributed by atoms with van der Waals surface area (Å²) in [4.78, 5) is 15.8. The molecule has 1 aliphatic rings. The Morgan fingerprint density at radius 3 is 3.11 bits per heavy atom. The van der Waals surface area contributed by atoms with Crippen molar-refractivity contribution < 1.29 is 9.53 Å². The Balaban J connectivity index is 1.78. The number of benzene rings is 1. The van der Waals surface area contributed by atoms with Crippen LogP contribution in [0, 0.1) is 0 Å². The summed E-state index contributed by atoms with van der Waals surface area (Å²) in [5, 5.41) is 0. The zero-order valence-electron chi connectivity index (χ0n) is 10.4. The first-order chi connectivity index (χ1) is 9.33. The number of hydrogen-bond donors (Lipinski definition) is 0. The lowest BCUT2D eigenvalue weighted by Crippen LogP contribution is -1.94. The number of ether oxygens (including phenoxy) is 1. The summed E-state index contributed by atoms with van der Waals surface area (Å²) in [6.07, 6.45) is 7.57. The highest BCUT2D eigenvalue weighted by Crippen LogP contribution is 2.26. The molecule has 0 radical (unpaired) electrons. The molecule has 3 nitrogen and oxygen atoms in total. The minimum absolute atomic E-state index is 0.0372. The van der Waals surface area contributed by atoms with Gasteiger partial charge in [0.15, 0.2) is 5.78 Å². The van der Waals surface area contributed by atoms with E-state index in [0.29, 0.717) is 5.56 Å². The summed E-state index contributed by atoms with van der Waals surface area (Å²) >= 11 is 0. The Kier molecular flexibility index (Phi) is 3.11. The third kappa shape index (κ3) is 2.55. The number of ketones is 1. The van der Waals surface area contributed by atoms with Crippen LogP contribution >= 0.6 is 0 Å². The second kappa shape index (κ2) is 5.06. The number of carbonyl (C=O) groups excluding carboxylic acids is 1. The maximum Gasteiger partial charge on any atom is 0.187 e. The van der Waals surface area contributed by atoms with Crippen molar-refractivity contribution in [2.45, 2.75) is 6.42 Å². The lowest BCUT2D eigenvalue weighted by Gasteiger charge is -1.99. The van der Waals surface area contributed by atoms with Crippen LogP contribution in [0.2, 0.25) is 0 Å². The number of rotatable bonds is 3. The highest BCUT2D eigenvalue weighted by Gasteiger charge is 2.11. The van der Waals surface area contributed by atoms with E-state index in [4.69, 9.17) is 4.74 Å². The molecule has 1 aromatic heterocycles. The number of aromatic nitrogens is 1. The molecule has 94 valence electrons. The number of allylic oxidation sites excluding steroid dienone is 1. The molecular weight excluding hydrogens is 238 g/mol. The van der Waals surface area contributed by atoms with Crippen molar-refractivity contribution in [3.8, 4) is 5.75 Å². The van der Waals surface area contributed by atoms with Crippen molar-refractivity contribution in [3.05, 3.63) is 65.5 Å². The third-order valence-electron chi connectivity index (χ3n) is 3.09. The van der Waals surface area contributed by atoms with Gasteiger partial charge in [-0.2, -0.15) is 0 Å². The summed E-state index contributed by atoms with van der Waals surface area (Å²) < 4.78 is 5.45. The van der Waals surface area contributed by atoms with E-state index >= 15 is 0 Å². The fourth-order valence-electron chi connectivity index (χ4n) is 2.09. The van der Waals surface area contributed by atoms with Crippen LogP contribution < -0.4 is 4.74 Å². The predicted octanol–water partition coefficient (Wildman–Crippen LogP) is 2.91. The van der Waals surface area contributed by atoms with Crippen LogP contribution in [0.1, 0.15) is 21.5 Å². The van der Waals surface area contributed by atoms with E-state index in [1.54, 1.807) is 30.6 Å². The monoisotopic (exact) mass is 251 g/mol. The zero-order chi connectivity index (χ0) is 13.1. The largest absolute Gasteiger partial charge is 0.493 e. The molecule has 0 atom stereocenters. The summed E-state index contributed by atoms with van der Waals surface area (Å²) in [6.45, 7) is 0.747. The van der Waals surface area contributed by atoms with Crippen molar-refractivity contribution in [3.63, 3.8) is 0 Å². The fraction of sp³-hybridized carbons (Fsp3) is 0.125. The average Bonchev–Trinajstić information content (AvgIpc) is 2.93. The molecule has 0 aliphatic carbocycles. The van der Waals surface area contributed by atoms with Crippen LogP contribution in [-0.4, -0.2) is 17.4 Å². The van der Waals surface area contributed by atoms with Gasteiger partial charge in [0, 0.05) is 24.4 Å². The summed E-state index contributed by atoms with van der Waals surface area (Å²) in [5.41, 5.74) is 2.82. The van der Waals surface area contributed by atoms with Gasteiger partial charge in [0.25, 0.3) is 0 Å². The molecule has 0 saturated heterocycles. The normalized spacial score (nSPS) is 13.3. The number of pyridine rings is 1. The first-order valence-electron chi connectivity index (χ1n) is 6.21. The Bertz CT molecular complexity index is 632. The van der Waals surface area contributed by atoms with E-state index in [2.05, 4.69) is 11.1 Å². The van der Waals surface area contributed by atoms with E-state index in [9.17, 15) is 4.79 Å². The standard InChI is InChI=1S/C16H13NO2/c18-15(14-2-1-8-17-11-14)5-3-12-4-6-16-13(10-12)7-9-19-16/h1-6,8,10-11H,7,9H2/b5-3+. The molecule has 3 heteroatoms. The van der Waals surface area contributed by atoms with Gasteiger partial charge in [-0.05, 0) is 41.5 Å². The smallest absolute Gasteiger partial charge is 0.187 e. The van der Waals surface area contributed by atoms with Crippen molar-refractivity contribution in [1.82, 2.24) is 4.98 Å². The Labute approximate surface area is 111 Å². The molecule has 0 saturated carbocycles. The maximum atomic E-state index is 11.9. The van der Waals surface area contributed by atoms with Crippen molar-refractivity contribution in [2.24, 2.45) is 0 Å². The quantitative estimate of drug-likeness (QED) is 0.622. The Morgan fingerprint density at radius 1 is 1.32 bits per heavy atom. The summed E-state index contributed by atoms with van der Waals surface area (Å²) in [6, 6.07) is 9.49. The highest BCUT2D eigenvalue weighted by molar-refractivity contribution is 6.06. The van der Waals surface area contributed by atoms with Crippen molar-refractivity contribution in [2.75, 3.05) is 6.61 Å². The van der Waals surface area contributed by atoms with Crippen LogP contribution in [0.5, 0.6) is 5.75 Å². The van der Waals surface area contributed by atoms with Crippen LogP contribution in [0.3, 0.4) is 0 Å². The van der Waals surface area contributed by atoms with E-state index in [0.717, 1.165) is 24.3 Å². The van der Waals surface area contributed by atoms with Gasteiger partial charge in [0.05, 0.1) is 6.61 Å². The van der Waals surface area contributed by atoms with Gasteiger partial charge in [-0.25, -0.2) is 0 Å². The van der Waals surface area contributed by atoms with Gasteiger partial charge in [0.2, 0.25) is 0 Å². The van der Waals surface area contributed by atoms with E-state index < -0.39 is 0 Å². The number of hydrogen-bond acceptors (Lipinski definition) is 3. The van der Waals surface area contributed by atoms with Crippen molar-refractivity contribution in [1.29, 1.82) is 0 Å². The lowest BCUT2D eigenvalue weighted by molar-refractivity contribution is 0.104. The fourth-order valence-corrected chi connectivity index (χ4v) is 2.09. The second-order valence-electron chi connectivity index (χ2n) is 4.40. The first kappa shape index (κ1) is 11.7. The highest BCUT2D eigenvalue weighted by atomic mass is 16.5. The molecule has 0 N–H and O–H groups in total. The van der Waals surface area contributed by atoms with Gasteiger partial charge < -0.3 is 4.74 Å². The third-order valence-corrected chi connectivity index (χ3v) is 3.09. The summed E-state index contributed by atoms with van der Waals surface area (Å²) in [5.74, 6) is 0.917. The molecule has 19 heavy (non-hydrogen) atoms. The molecule has 2 aromatic rings. The second-order valence-corrected chi connectivity index (χ2v) is 4.40. The zero-order valence-corrected chi connectivity index (χ0v) is 10.4. The first-order valence-corrected chi connectivity index (χ1v) is 6.21. The Morgan fingerprint density at radius 2 is 2.26 bits per heavy atom. The number of nitrogens with zero attached hydrogens (tertiary/aromatic N) is 1. The molecule has 1 aromatic carbocycles. The van der Waals surface area contributed by atoms with Gasteiger partial charge in [-0.3, -0.25) is 9.78 Å². The van der Waals surface area contributed by atoms with Crippen LogP contribution in [0.15, 0.2) is 48.8 Å². The lowest BCUT2D eigenvalue weighted by atomic mass is 10.1. The summed E-state index contributed by atoms with van der Waals surface area (Å²) in [7, 11) is 0. The molecule has 0 spiro atoms. The average molecular weight is 251 g/mol. The molecule has 1 aliphatic heterocycles. The topological polar surface area (TPSA) is 39.2 Å². The number of carbonyl (C=O) groups is 1. The van der Waals surface area contributed by atoms with Gasteiger partial charge >= 0.3 is 0 Å². The molecule has 0 fully saturated rings. The molecular formula is C16H13NO2. The molecule has 3 rings (SSSR count). The van der Waals surface area contributed by atoms with Crippen molar-refractivity contribution >= 4 is 11.9 Å². The van der Waals surface area contributed by atoms with E-state index in [-0.39, 0.29) is 5.78 Å². The van der Waals surface area contributed by atoms with E-state index in [1.165, 1.54) is 5.56 Å². The minimum Gasteiger partial charge on any atom is -0.493 e. The van der Waals surface area contributed by atoms with Gasteiger partial charge in [0.1, 0.15) is 5.75 Å². The van der Waals surface area contributed by atoms with Crippen LogP contribution in [-0.2, 0) is 6.42 Å². The van der Waals surface area contributed by atoms with Gasteiger partial charge in [-0.1, -0.05) is 12.1 Å². The molecule has 2 heterocycles. The molecule has 0 bridgehead atoms. The maximum absolute atomic E-state index is 11.9. The SMILES string of the molecule is O=C(/C=C/c1ccc2c(c1)CCO2)c1cccnc1. The molecule has 0 amide bonds. The molecule has 0 unspecified atom stereocenters. The van der Waals surface area contributed by atoms with E-state index in [1.807, 2.05) is 18.2 Å². The van der Waals surface area contributed by atoms with Crippen LogP contribution in [0.4, 0.5) is 0 Å². The number of fused-ring (bicyclic) bond motifs is 1. The van der Waals surface area contributed by atoms with Crippen LogP contribution in [0.25, 0.3) is 6.08 Å². The minimum atomic E-state index is -0.0372. The Hall–Kier alpha value is -2.42. The predicted molar refractivity (Wildman–Crippen MR) is 73.2 cm³/mol.